The van der Waals surface area contributed by atoms with Gasteiger partial charge in [-0.05, 0) is 0 Å². The van der Waals surface area contributed by atoms with Crippen molar-refractivity contribution >= 4 is 25.6 Å². The van der Waals surface area contributed by atoms with E-state index in [4.69, 9.17) is 5.21 Å². The Morgan fingerprint density at radius 3 is 1.75 bits per heavy atom. The van der Waals surface area contributed by atoms with Gasteiger partial charge in [0.1, 0.15) is 0 Å². The van der Waals surface area contributed by atoms with Crippen molar-refractivity contribution in [3.05, 3.63) is 0 Å². The van der Waals surface area contributed by atoms with Gasteiger partial charge in [-0.3, -0.25) is 0 Å². The van der Waals surface area contributed by atoms with E-state index >= 15 is 0 Å². The Balaban J connectivity index is 0. The third kappa shape index (κ3) is 518. The van der Waals surface area contributed by atoms with E-state index in [-0.39, 0.29) is 18.9 Å². The first kappa shape index (κ1) is 8.95. The average molecular weight is 53.0 g/mol. The first-order valence-electron chi connectivity index (χ1n) is 0.516. The molecule has 0 unspecified atom stereocenters. The fourth-order valence-electron chi connectivity index (χ4n) is 0. The maximum absolute atomic E-state index is 7.08. The summed E-state index contributed by atoms with van der Waals surface area (Å²) in [6, 6.07) is 0. The maximum atomic E-state index is 7.08. The molecule has 0 bridgehead atoms. The minimum absolute atomic E-state index is 0. The van der Waals surface area contributed by atoms with Gasteiger partial charge in [-0.2, -0.15) is 0 Å². The Hall–Kier alpha value is 0.0674. The normalized spacial score (nSPS) is 3.00. The Kier molecular flexibility index (Phi) is 25.8. The van der Waals surface area contributed by atoms with E-state index in [1.54, 1.807) is 0 Å². The van der Waals surface area contributed by atoms with Crippen LogP contribution in [0, 0.1) is 0 Å². The van der Waals surface area contributed by atoms with Crippen molar-refractivity contribution in [2.45, 2.75) is 0 Å². The van der Waals surface area contributed by atoms with Gasteiger partial charge < -0.3 is 5.21 Å². The fraction of sp³-hybridized carbons (Fsp3) is 0. The average Bonchev–Trinajstić information content (AvgIpc) is 0.918. The van der Waals surface area contributed by atoms with E-state index in [1.807, 2.05) is 0 Å². The summed E-state index contributed by atoms with van der Waals surface area (Å²) in [5.74, 6) is 0. The Morgan fingerprint density at radius 1 is 1.75 bits per heavy atom. The second kappa shape index (κ2) is 11.5. The summed E-state index contributed by atoms with van der Waals surface area (Å²) in [4.78, 5) is 0. The van der Waals surface area contributed by atoms with Crippen molar-refractivity contribution in [3.63, 3.8) is 0 Å². The molecule has 0 spiro atoms. The van der Waals surface area contributed by atoms with Crippen LogP contribution in [0.25, 0.3) is 0 Å². The summed E-state index contributed by atoms with van der Waals surface area (Å²) in [6.45, 7) is 2.67. The van der Waals surface area contributed by atoms with Crippen molar-refractivity contribution < 1.29 is 5.21 Å². The van der Waals surface area contributed by atoms with Crippen molar-refractivity contribution in [1.82, 2.24) is 0 Å². The number of hydrogen-bond donors (Lipinski definition) is 1. The molecule has 0 amide bonds. The first-order valence-corrected chi connectivity index (χ1v) is 0.516. The van der Waals surface area contributed by atoms with Gasteiger partial charge in [-0.1, -0.05) is 0 Å². The number of rotatable bonds is 0. The third-order valence-corrected chi connectivity index (χ3v) is 0. The molecule has 0 aromatic heterocycles. The summed E-state index contributed by atoms with van der Waals surface area (Å²) >= 11 is 0. The standard InChI is InChI=1S/CH3NO.Li.H/c1-2-3;;/h3H,1H2;;. The molecule has 0 atom stereocenters. The zero-order valence-corrected chi connectivity index (χ0v) is 1.60. The predicted molar refractivity (Wildman–Crippen MR) is 18.5 cm³/mol. The molecule has 0 aromatic carbocycles. The molecule has 0 aliphatic heterocycles. The molecule has 0 saturated carbocycles. The van der Waals surface area contributed by atoms with E-state index in [1.165, 1.54) is 0 Å². The number of oxime groups is 1. The Bertz CT molecular complexity index is 15.5. The second-order valence-corrected chi connectivity index (χ2v) is 0.141. The van der Waals surface area contributed by atoms with Crippen LogP contribution in [0.4, 0.5) is 0 Å². The van der Waals surface area contributed by atoms with Crippen molar-refractivity contribution in [1.29, 1.82) is 0 Å². The molecule has 0 aliphatic rings. The zero-order chi connectivity index (χ0) is 2.71. The van der Waals surface area contributed by atoms with Gasteiger partial charge in [0.05, 0.1) is 0 Å². The molecular weight excluding hydrogens is 49.0 g/mol. The van der Waals surface area contributed by atoms with Crippen LogP contribution in [0.5, 0.6) is 0 Å². The van der Waals surface area contributed by atoms with Crippen LogP contribution >= 0.6 is 0 Å². The molecule has 2 nitrogen and oxygen atoms in total. The van der Waals surface area contributed by atoms with Gasteiger partial charge in [0.2, 0.25) is 0 Å². The molecule has 0 rings (SSSR count). The molecule has 20 valence electrons. The molecule has 0 saturated heterocycles. The van der Waals surface area contributed by atoms with E-state index < -0.39 is 0 Å². The van der Waals surface area contributed by atoms with Crippen LogP contribution in [0.2, 0.25) is 0 Å². The van der Waals surface area contributed by atoms with E-state index in [2.05, 4.69) is 11.9 Å². The van der Waals surface area contributed by atoms with Crippen molar-refractivity contribution in [2.24, 2.45) is 5.16 Å². The monoisotopic (exact) mass is 53.0 g/mol. The van der Waals surface area contributed by atoms with E-state index in [9.17, 15) is 0 Å². The summed E-state index contributed by atoms with van der Waals surface area (Å²) in [6.07, 6.45) is 0. The quantitative estimate of drug-likeness (QED) is 0.170. The number of nitrogens with zero attached hydrogens (tertiary/aromatic N) is 1. The molecule has 0 aromatic rings. The van der Waals surface area contributed by atoms with Crippen molar-refractivity contribution in [2.75, 3.05) is 0 Å². The Labute approximate surface area is 36.7 Å². The topological polar surface area (TPSA) is 32.6 Å². The number of hydrogen-bond acceptors (Lipinski definition) is 2. The van der Waals surface area contributed by atoms with Crippen LogP contribution in [-0.4, -0.2) is 30.8 Å². The van der Waals surface area contributed by atoms with Gasteiger partial charge in [0.25, 0.3) is 0 Å². The van der Waals surface area contributed by atoms with Gasteiger partial charge in [-0.25, -0.2) is 0 Å². The second-order valence-electron chi connectivity index (χ2n) is 0.141. The van der Waals surface area contributed by atoms with Crippen LogP contribution in [0.15, 0.2) is 5.16 Å². The van der Waals surface area contributed by atoms with Crippen LogP contribution in [-0.2, 0) is 0 Å². The first-order chi connectivity index (χ1) is 1.41. The van der Waals surface area contributed by atoms with Crippen molar-refractivity contribution in [3.8, 4) is 0 Å². The SMILES string of the molecule is C=NO.[LiH]. The van der Waals surface area contributed by atoms with Gasteiger partial charge in [0.15, 0.2) is 0 Å². The molecule has 3 heteroatoms. The zero-order valence-electron chi connectivity index (χ0n) is 1.60. The van der Waals surface area contributed by atoms with Crippen LogP contribution < -0.4 is 0 Å². The molecule has 0 aliphatic carbocycles. The minimum atomic E-state index is 0. The van der Waals surface area contributed by atoms with E-state index in [0.29, 0.717) is 0 Å². The molecule has 4 heavy (non-hydrogen) atoms. The summed E-state index contributed by atoms with van der Waals surface area (Å²) in [5, 5.41) is 9.33. The van der Waals surface area contributed by atoms with Gasteiger partial charge in [0, 0.05) is 6.72 Å². The van der Waals surface area contributed by atoms with E-state index in [0.717, 1.165) is 0 Å². The molecule has 0 heterocycles. The molecule has 0 radical (unpaired) electrons. The molecule has 1 N–H and O–H groups in total. The summed E-state index contributed by atoms with van der Waals surface area (Å²) < 4.78 is 0. The molecule has 0 fully saturated rings. The van der Waals surface area contributed by atoms with Gasteiger partial charge in [-0.15, -0.1) is 5.16 Å². The Morgan fingerprint density at radius 2 is 1.75 bits per heavy atom. The molecular formula is CH4LiNO. The van der Waals surface area contributed by atoms with Crippen LogP contribution in [0.1, 0.15) is 0 Å². The fourth-order valence-corrected chi connectivity index (χ4v) is 0. The summed E-state index contributed by atoms with van der Waals surface area (Å²) in [5.41, 5.74) is 0. The van der Waals surface area contributed by atoms with Gasteiger partial charge >= 0.3 is 18.9 Å². The summed E-state index contributed by atoms with van der Waals surface area (Å²) in [7, 11) is 0. The predicted octanol–water partition coefficient (Wildman–Crippen LogP) is -0.572. The third-order valence-electron chi connectivity index (χ3n) is 0. The van der Waals surface area contributed by atoms with Crippen LogP contribution in [0.3, 0.4) is 0 Å².